The van der Waals surface area contributed by atoms with Crippen LogP contribution in [0.2, 0.25) is 0 Å². The van der Waals surface area contributed by atoms with Crippen LogP contribution in [0.4, 0.5) is 0 Å². The Balaban J connectivity index is 0.0000000999. The SMILES string of the molecule is C[C@@]1(O)CC[C@H]2[C@H](CC[C@@H]3[C@@H]2CC[C@]2(C)[C@@H](C(=O)c4ccsc4)CC[C@@H]32)C1.C[C@@]1(O)CC[C@H]2[C@H](CC[C@@H]3[C@@H]2CC[C@]2(C)[C@@H](C(=O)c4nc5ccccc5s4)CC[C@@H]32)C1.Cn1c(C(=O)[C@H]2CC[C@H]3[C@@H]4CC[C@@H]5C[C@](C)(O)CC[C@@H]5[C@H]4CC[C@]23C)cc2ccccc21.Cn1c(C(=O)[C@H]2CC[C@H]3[C@@H]4CC[C@@H]5C[C@](C)(O)CC[C@@H]5[C@H]4CC[C@]23C)nc2ccccc21.Cn1nccc1C(=O)[C@H]1CC[C@H]2[C@@H]3CC[C@@H]4C[C@](C)(O)CC[C@@H]4[C@H]3CC[C@]12C. The van der Waals surface area contributed by atoms with Crippen LogP contribution in [0.3, 0.4) is 0 Å². The van der Waals surface area contributed by atoms with E-state index in [4.69, 9.17) is 9.97 Å². The molecule has 0 spiro atoms. The van der Waals surface area contributed by atoms with Gasteiger partial charge in [-0.1, -0.05) is 77.1 Å². The van der Waals surface area contributed by atoms with Crippen molar-refractivity contribution in [3.05, 3.63) is 136 Å². The number of fused-ring (bicyclic) bond motifs is 28. The molecule has 5 heterocycles. The molecule has 20 aliphatic carbocycles. The number of Topliss-reactive ketones (excluding diaryl/α,β-unsaturated/α-hetero) is 5. The van der Waals surface area contributed by atoms with Gasteiger partial charge < -0.3 is 34.7 Å². The number of aryl methyl sites for hydroxylation is 3. The summed E-state index contributed by atoms with van der Waals surface area (Å²) in [6.45, 7) is 22.4. The molecule has 16 nitrogen and oxygen atoms in total. The number of benzene rings is 3. The van der Waals surface area contributed by atoms with Gasteiger partial charge in [-0.25, -0.2) is 9.97 Å². The van der Waals surface area contributed by atoms with Gasteiger partial charge in [0.1, 0.15) is 5.69 Å². The summed E-state index contributed by atoms with van der Waals surface area (Å²) in [5, 5.41) is 63.2. The minimum Gasteiger partial charge on any atom is -0.390 e. The number of thiophene rings is 1. The zero-order valence-corrected chi connectivity index (χ0v) is 94.9. The van der Waals surface area contributed by atoms with Crippen molar-refractivity contribution in [1.29, 1.82) is 0 Å². The van der Waals surface area contributed by atoms with Crippen LogP contribution in [0.25, 0.3) is 32.2 Å². The number of nitrogens with zero attached hydrogens (tertiary/aromatic N) is 6. The molecule has 0 saturated heterocycles. The van der Waals surface area contributed by atoms with E-state index in [2.05, 4.69) is 93.8 Å². The van der Waals surface area contributed by atoms with Crippen LogP contribution in [0, 0.1) is 205 Å². The van der Waals surface area contributed by atoms with Crippen molar-refractivity contribution in [2.45, 2.75) is 386 Å². The molecule has 0 aliphatic heterocycles. The second-order valence-corrected chi connectivity index (χ2v) is 59.8. The molecule has 20 fully saturated rings. The van der Waals surface area contributed by atoms with Gasteiger partial charge in [-0.15, -0.1) is 11.3 Å². The number of aromatic nitrogens is 6. The summed E-state index contributed by atoms with van der Waals surface area (Å²) >= 11 is 3.23. The van der Waals surface area contributed by atoms with E-state index in [1.807, 2.05) is 113 Å². The van der Waals surface area contributed by atoms with Crippen LogP contribution in [-0.4, -0.2) is 111 Å². The summed E-state index contributed by atoms with van der Waals surface area (Å²) in [5.74, 6) is 22.5. The first-order valence-electron chi connectivity index (χ1n) is 61.3. The van der Waals surface area contributed by atoms with E-state index in [-0.39, 0.29) is 62.4 Å². The van der Waals surface area contributed by atoms with Gasteiger partial charge in [-0.3, -0.25) is 28.7 Å². The summed E-state index contributed by atoms with van der Waals surface area (Å²) in [7, 11) is 5.94. The summed E-state index contributed by atoms with van der Waals surface area (Å²) in [6, 6.07) is 30.6. The molecule has 812 valence electrons. The van der Waals surface area contributed by atoms with Crippen LogP contribution in [0.15, 0.2) is 108 Å². The number of carbonyl (C=O) groups is 5. The first-order valence-corrected chi connectivity index (χ1v) is 63.0. The summed E-state index contributed by atoms with van der Waals surface area (Å²) in [5.41, 5.74) is 5.31. The molecule has 5 N–H and O–H groups in total. The normalized spacial score (nSPS) is 45.5. The third-order valence-electron chi connectivity index (χ3n) is 50.4. The predicted molar refractivity (Wildman–Crippen MR) is 599 cm³/mol. The Bertz CT molecular complexity index is 6130. The number of thiazole rings is 1. The molecule has 18 heteroatoms. The van der Waals surface area contributed by atoms with Gasteiger partial charge >= 0.3 is 0 Å². The van der Waals surface area contributed by atoms with Crippen molar-refractivity contribution in [1.82, 2.24) is 28.9 Å². The summed E-state index contributed by atoms with van der Waals surface area (Å²) in [4.78, 5) is 77.5. The van der Waals surface area contributed by atoms with E-state index in [0.29, 0.717) is 58.5 Å². The van der Waals surface area contributed by atoms with Gasteiger partial charge in [0, 0.05) is 78.8 Å². The van der Waals surface area contributed by atoms with Crippen LogP contribution in [0.1, 0.15) is 410 Å². The van der Waals surface area contributed by atoms with Crippen LogP contribution >= 0.6 is 22.7 Å². The minimum atomic E-state index is -0.451. The number of para-hydroxylation sites is 4. The van der Waals surface area contributed by atoms with Crippen molar-refractivity contribution >= 4 is 83.7 Å². The number of ketones is 5. The maximum absolute atomic E-state index is 13.9. The zero-order valence-electron chi connectivity index (χ0n) is 93.3. The van der Waals surface area contributed by atoms with E-state index in [1.165, 1.54) is 198 Å². The van der Waals surface area contributed by atoms with Gasteiger partial charge in [-0.2, -0.15) is 16.4 Å². The molecule has 28 rings (SSSR count). The highest BCUT2D eigenvalue weighted by atomic mass is 32.1. The average molecular weight is 2080 g/mol. The average Bonchev–Trinajstić information content (AvgIpc) is 1.56. The van der Waals surface area contributed by atoms with Gasteiger partial charge in [0.25, 0.3) is 0 Å². The van der Waals surface area contributed by atoms with Crippen LogP contribution in [0.5, 0.6) is 0 Å². The van der Waals surface area contributed by atoms with Gasteiger partial charge in [-0.05, 0) is 552 Å². The number of carbonyl (C=O) groups excluding carboxylic acids is 5. The third kappa shape index (κ3) is 18.4. The monoisotopic (exact) mass is 2080 g/mol. The largest absolute Gasteiger partial charge is 0.390 e. The lowest BCUT2D eigenvalue weighted by Crippen LogP contribution is -2.51. The first kappa shape index (κ1) is 105. The molecule has 0 radical (unpaired) electrons. The summed E-state index contributed by atoms with van der Waals surface area (Å²) < 4.78 is 7.02. The van der Waals surface area contributed by atoms with E-state index < -0.39 is 28.0 Å². The number of aliphatic hydroxyl groups is 5. The molecule has 0 bridgehead atoms. The molecule has 20 saturated carbocycles. The number of imidazole rings is 1. The quantitative estimate of drug-likeness (QED) is 0.0802. The fraction of sp³-hybridized carbons (Fsp3) is 0.742. The Kier molecular flexibility index (Phi) is 27.8. The first-order chi connectivity index (χ1) is 71.6. The molecule has 5 aromatic heterocycles. The highest BCUT2D eigenvalue weighted by Gasteiger charge is 2.67. The lowest BCUT2D eigenvalue weighted by Gasteiger charge is -2.56. The number of rotatable bonds is 10. The third-order valence-corrected chi connectivity index (χ3v) is 52.1. The molecule has 150 heavy (non-hydrogen) atoms. The maximum Gasteiger partial charge on any atom is 0.201 e. The molecule has 20 aliphatic rings. The zero-order chi connectivity index (χ0) is 104. The Hall–Kier alpha value is -6.38. The number of hydrogen-bond acceptors (Lipinski definition) is 15. The Morgan fingerprint density at radius 2 is 0.640 bits per heavy atom. The molecule has 8 aromatic rings. The molecular formula is C132H182N6O10S2. The second-order valence-electron chi connectivity index (χ2n) is 58.0. The lowest BCUT2D eigenvalue weighted by molar-refractivity contribution is -0.0977. The molecule has 0 amide bonds. The van der Waals surface area contributed by atoms with E-state index in [9.17, 15) is 49.5 Å². The highest BCUT2D eigenvalue weighted by Crippen LogP contribution is 2.73. The molecule has 0 unspecified atom stereocenters. The smallest absolute Gasteiger partial charge is 0.201 e. The van der Waals surface area contributed by atoms with Gasteiger partial charge in [0.05, 0.1) is 54.9 Å². The van der Waals surface area contributed by atoms with Gasteiger partial charge in [0.15, 0.2) is 34.0 Å². The molecule has 3 aromatic carbocycles. The lowest BCUT2D eigenvalue weighted by atomic mass is 9.49. The maximum atomic E-state index is 13.9. The minimum absolute atomic E-state index is 0.105. The second kappa shape index (κ2) is 39.6. The van der Waals surface area contributed by atoms with Crippen molar-refractivity contribution in [3.63, 3.8) is 0 Å². The van der Waals surface area contributed by atoms with Crippen LogP contribution in [-0.2, 0) is 21.1 Å². The molecular weight excluding hydrogens is 1890 g/mol. The van der Waals surface area contributed by atoms with E-state index in [1.54, 1.807) is 33.6 Å². The Morgan fingerprint density at radius 1 is 0.307 bits per heavy atom. The Labute approximate surface area is 903 Å². The fourth-order valence-electron chi connectivity index (χ4n) is 43.3. The van der Waals surface area contributed by atoms with E-state index >= 15 is 0 Å². The predicted octanol–water partition coefficient (Wildman–Crippen LogP) is 29.2. The van der Waals surface area contributed by atoms with Crippen molar-refractivity contribution in [2.24, 2.45) is 226 Å². The van der Waals surface area contributed by atoms with Crippen molar-refractivity contribution in [3.8, 4) is 0 Å². The topological polar surface area (TPSA) is 240 Å². The fourth-order valence-corrected chi connectivity index (χ4v) is 44.9. The number of hydrogen-bond donors (Lipinski definition) is 5. The summed E-state index contributed by atoms with van der Waals surface area (Å²) in [6.07, 6.45) is 54.6. The van der Waals surface area contributed by atoms with Crippen molar-refractivity contribution in [2.75, 3.05) is 0 Å². The standard InChI is InChI=1S/C29H39NO2.C28H38N2O2.C27H35NO2S.C24H36N2O2.C24H34O2S/c1-28(32)14-12-20-19(17-28)8-9-22-21(20)13-15-29(2)23(22)10-11-24(29)27(31)26-16-18-6-4-5-7-25(18)30(26)3;1-27(32)14-12-18-17(16-27)8-9-20-19(18)13-15-28(2)21(20)10-11-22(28)25(31)26-29-23-6-4-5-7-24(23)30(26)3;1-26(30)13-11-17-16(15-26)7-8-19-18(17)12-14-27(2)20(19)9-10-21(27)24(29)25-28-22-5-3-4-6-23(22)31-25;1-23(28)11-8-16-15(14-23)4-5-18-17(16)9-12-24(2)19(18)6-7-20(24)22(27)21-10-13-25-26(21)3;1-23(26)10-7-17-15(13-23)3-4-19-18(17)8-11-24(2)20(19)5-6-21(24)22(25)16-9-12-27-14-16/h4-7,16,19-24,32H,8-15,17H2,1-3H3;4-7,17-22,32H,8-16H2,1-3H3;3-6,16-21,30H,7-15H2,1-2H3;10,13,15-20,28H,4-9,11-12,14H2,1-3H3;9,12,14-15,17-21,26H,3-8,10-11,13H2,1-2H3/t19-,20+,21-,22-,23+,24-,28-,29+;17-,18+,19-,20-,21+,22-,27-,28+;16-,17+,18-,19-,20+,21-,26-,27+;15-,16+,17-,18-,19+,20-,23-,24+;15-,17+,18-,19-,20+,21-,23-,24+/m11111/s1. The van der Waals surface area contributed by atoms with Crippen molar-refractivity contribution < 1.29 is 49.5 Å². The highest BCUT2D eigenvalue weighted by molar-refractivity contribution is 7.20. The van der Waals surface area contributed by atoms with Gasteiger partial charge in [0.2, 0.25) is 5.78 Å². The van der Waals surface area contributed by atoms with Crippen LogP contribution < -0.4 is 0 Å². The van der Waals surface area contributed by atoms with E-state index in [0.717, 1.165) is 263 Å². The Morgan fingerprint density at radius 3 is 0.993 bits per heavy atom. The molecule has 40 atom stereocenters.